The molecule has 33 heavy (non-hydrogen) atoms. The normalized spacial score (nSPS) is 19.0. The first-order valence-corrected chi connectivity index (χ1v) is 10.8. The Morgan fingerprint density at radius 3 is 2.58 bits per heavy atom. The fourth-order valence-corrected chi connectivity index (χ4v) is 4.51. The summed E-state index contributed by atoms with van der Waals surface area (Å²) in [5.74, 6) is -1.61. The number of nitro benzene ring substituents is 1. The molecule has 10 nitrogen and oxygen atoms in total. The number of ether oxygens (including phenoxy) is 2. The van der Waals surface area contributed by atoms with Gasteiger partial charge in [-0.15, -0.1) is 0 Å². The summed E-state index contributed by atoms with van der Waals surface area (Å²) < 4.78 is 10.8. The molecule has 1 N–H and O–H groups in total. The van der Waals surface area contributed by atoms with E-state index in [4.69, 9.17) is 9.47 Å². The second-order valence-corrected chi connectivity index (χ2v) is 7.93. The zero-order chi connectivity index (χ0) is 23.7. The Bertz CT molecular complexity index is 1100. The van der Waals surface area contributed by atoms with Gasteiger partial charge >= 0.3 is 5.97 Å². The molecule has 0 fully saturated rings. The minimum Gasteiger partial charge on any atom is -0.481 e. The number of rotatable bonds is 8. The lowest BCUT2D eigenvalue weighted by molar-refractivity contribution is -0.384. The van der Waals surface area contributed by atoms with Crippen LogP contribution in [0.2, 0.25) is 0 Å². The molecular formula is C23H25N3O7. The molecule has 2 aromatic carbocycles. The summed E-state index contributed by atoms with van der Waals surface area (Å²) in [6.45, 7) is 6.45. The van der Waals surface area contributed by atoms with Crippen LogP contribution in [0.25, 0.3) is 0 Å². The molecular weight excluding hydrogens is 430 g/mol. The number of hydrogen-bond donors (Lipinski definition) is 1. The number of benzene rings is 2. The van der Waals surface area contributed by atoms with Crippen molar-refractivity contribution in [2.45, 2.75) is 25.8 Å². The average Bonchev–Trinajstić information content (AvgIpc) is 3.28. The molecule has 0 aliphatic carbocycles. The fraction of sp³-hybridized carbons (Fsp3) is 0.391. The summed E-state index contributed by atoms with van der Waals surface area (Å²) in [6.07, 6.45) is 0. The van der Waals surface area contributed by atoms with Crippen molar-refractivity contribution in [2.24, 2.45) is 0 Å². The second kappa shape index (κ2) is 9.07. The van der Waals surface area contributed by atoms with Gasteiger partial charge in [0.15, 0.2) is 11.5 Å². The Hall–Kier alpha value is -3.66. The quantitative estimate of drug-likeness (QED) is 0.476. The summed E-state index contributed by atoms with van der Waals surface area (Å²) in [7, 11) is 0. The maximum absolute atomic E-state index is 13.6. The first-order valence-electron chi connectivity index (χ1n) is 10.8. The van der Waals surface area contributed by atoms with Crippen molar-refractivity contribution in [3.63, 3.8) is 0 Å². The summed E-state index contributed by atoms with van der Waals surface area (Å²) in [4.78, 5) is 40.5. The average molecular weight is 455 g/mol. The third-order valence-corrected chi connectivity index (χ3v) is 6.28. The fourth-order valence-electron chi connectivity index (χ4n) is 4.51. The molecule has 2 aromatic rings. The van der Waals surface area contributed by atoms with E-state index in [9.17, 15) is 24.8 Å². The van der Waals surface area contributed by atoms with E-state index in [-0.39, 0.29) is 30.2 Å². The topological polar surface area (TPSA) is 122 Å². The number of carbonyl (C=O) groups is 2. The first-order chi connectivity index (χ1) is 15.8. The Morgan fingerprint density at radius 1 is 1.18 bits per heavy atom. The molecule has 2 aliphatic rings. The highest BCUT2D eigenvalue weighted by Crippen LogP contribution is 2.46. The van der Waals surface area contributed by atoms with Crippen molar-refractivity contribution < 1.29 is 29.1 Å². The Labute approximate surface area is 190 Å². The molecule has 0 saturated heterocycles. The Balaban J connectivity index is 1.84. The van der Waals surface area contributed by atoms with Crippen molar-refractivity contribution in [1.82, 2.24) is 9.80 Å². The predicted molar refractivity (Wildman–Crippen MR) is 118 cm³/mol. The third-order valence-electron chi connectivity index (χ3n) is 6.28. The molecule has 1 amide bonds. The lowest BCUT2D eigenvalue weighted by Gasteiger charge is -2.41. The van der Waals surface area contributed by atoms with E-state index < -0.39 is 28.8 Å². The molecule has 0 aromatic heterocycles. The predicted octanol–water partition coefficient (Wildman–Crippen LogP) is 3.03. The minimum atomic E-state index is -1.12. The highest BCUT2D eigenvalue weighted by atomic mass is 16.7. The highest BCUT2D eigenvalue weighted by Gasteiger charge is 2.45. The van der Waals surface area contributed by atoms with E-state index in [1.165, 1.54) is 23.1 Å². The van der Waals surface area contributed by atoms with Crippen LogP contribution in [0.4, 0.5) is 5.69 Å². The zero-order valence-corrected chi connectivity index (χ0v) is 18.4. The van der Waals surface area contributed by atoms with Gasteiger partial charge in [0.05, 0.1) is 16.5 Å². The molecule has 0 spiro atoms. The van der Waals surface area contributed by atoms with Crippen LogP contribution in [0.1, 0.15) is 47.3 Å². The van der Waals surface area contributed by atoms with E-state index >= 15 is 0 Å². The second-order valence-electron chi connectivity index (χ2n) is 7.93. The van der Waals surface area contributed by atoms with Gasteiger partial charge in [0.2, 0.25) is 6.79 Å². The Kier molecular flexibility index (Phi) is 6.19. The van der Waals surface area contributed by atoms with Crippen LogP contribution in [0.5, 0.6) is 11.5 Å². The monoisotopic (exact) mass is 455 g/mol. The zero-order valence-electron chi connectivity index (χ0n) is 18.4. The van der Waals surface area contributed by atoms with Crippen LogP contribution in [0.3, 0.4) is 0 Å². The SMILES string of the molecule is CCN(CC)CCN1C(=O)c2cc([N+](=O)[O-])ccc2C(C(=O)O)C1c1ccc2c(c1)OCO2. The number of carboxylic acid groups (broad SMARTS) is 1. The van der Waals surface area contributed by atoms with Gasteiger partial charge in [-0.3, -0.25) is 19.7 Å². The van der Waals surface area contributed by atoms with Gasteiger partial charge in [-0.25, -0.2) is 0 Å². The molecule has 2 unspecified atom stereocenters. The summed E-state index contributed by atoms with van der Waals surface area (Å²) in [6, 6.07) is 8.13. The minimum absolute atomic E-state index is 0.0492. The van der Waals surface area contributed by atoms with Gasteiger partial charge in [0, 0.05) is 25.2 Å². The Morgan fingerprint density at radius 2 is 1.91 bits per heavy atom. The number of carboxylic acids is 1. The van der Waals surface area contributed by atoms with Crippen LogP contribution in [-0.2, 0) is 4.79 Å². The molecule has 4 rings (SSSR count). The summed E-state index contributed by atoms with van der Waals surface area (Å²) in [5.41, 5.74) is 0.660. The molecule has 2 heterocycles. The van der Waals surface area contributed by atoms with Gasteiger partial charge < -0.3 is 24.4 Å². The molecule has 0 radical (unpaired) electrons. The van der Waals surface area contributed by atoms with Crippen LogP contribution in [0, 0.1) is 10.1 Å². The molecule has 0 bridgehead atoms. The van der Waals surface area contributed by atoms with E-state index in [1.807, 2.05) is 13.8 Å². The molecule has 2 atom stereocenters. The van der Waals surface area contributed by atoms with Gasteiger partial charge in [-0.1, -0.05) is 26.0 Å². The number of likely N-dealkylation sites (N-methyl/N-ethyl adjacent to an activating group) is 1. The van der Waals surface area contributed by atoms with Crippen molar-refractivity contribution in [3.8, 4) is 11.5 Å². The van der Waals surface area contributed by atoms with Gasteiger partial charge in [-0.05, 0) is 36.3 Å². The summed E-state index contributed by atoms with van der Waals surface area (Å²) >= 11 is 0. The van der Waals surface area contributed by atoms with Crippen LogP contribution < -0.4 is 9.47 Å². The van der Waals surface area contributed by atoms with Crippen LogP contribution >= 0.6 is 0 Å². The maximum atomic E-state index is 13.6. The lowest BCUT2D eigenvalue weighted by atomic mass is 9.79. The smallest absolute Gasteiger partial charge is 0.313 e. The molecule has 10 heteroatoms. The van der Waals surface area contributed by atoms with E-state index in [1.54, 1.807) is 18.2 Å². The maximum Gasteiger partial charge on any atom is 0.313 e. The number of non-ortho nitro benzene ring substituents is 1. The van der Waals surface area contributed by atoms with E-state index in [0.717, 1.165) is 13.1 Å². The van der Waals surface area contributed by atoms with Gasteiger partial charge in [0.1, 0.15) is 5.92 Å². The number of nitro groups is 1. The van der Waals surface area contributed by atoms with Crippen molar-refractivity contribution in [1.29, 1.82) is 0 Å². The lowest BCUT2D eigenvalue weighted by Crippen LogP contribution is -2.47. The van der Waals surface area contributed by atoms with Crippen molar-refractivity contribution in [2.75, 3.05) is 33.0 Å². The van der Waals surface area contributed by atoms with Crippen molar-refractivity contribution >= 4 is 17.6 Å². The van der Waals surface area contributed by atoms with E-state index in [0.29, 0.717) is 23.6 Å². The first kappa shape index (κ1) is 22.5. The number of hydrogen-bond acceptors (Lipinski definition) is 7. The largest absolute Gasteiger partial charge is 0.481 e. The number of nitrogens with zero attached hydrogens (tertiary/aromatic N) is 3. The van der Waals surface area contributed by atoms with E-state index in [2.05, 4.69) is 4.90 Å². The number of fused-ring (bicyclic) bond motifs is 2. The van der Waals surface area contributed by atoms with Crippen LogP contribution in [-0.4, -0.2) is 64.7 Å². The number of amides is 1. The highest BCUT2D eigenvalue weighted by molar-refractivity contribution is 6.01. The number of carbonyl (C=O) groups excluding carboxylic acids is 1. The van der Waals surface area contributed by atoms with Crippen molar-refractivity contribution in [3.05, 3.63) is 63.2 Å². The molecule has 2 aliphatic heterocycles. The molecule has 174 valence electrons. The van der Waals surface area contributed by atoms with Gasteiger partial charge in [0.25, 0.3) is 11.6 Å². The summed E-state index contributed by atoms with van der Waals surface area (Å²) in [5, 5.41) is 21.5. The van der Waals surface area contributed by atoms with Crippen LogP contribution in [0.15, 0.2) is 36.4 Å². The standard InChI is InChI=1S/C23H25N3O7/c1-3-24(4-2)9-10-25-21(14-5-8-18-19(11-14)33-13-32-18)20(23(28)29)16-7-6-15(26(30)31)12-17(16)22(25)27/h5-8,11-12,20-21H,3-4,9-10,13H2,1-2H3,(H,28,29). The third kappa shape index (κ3) is 4.09. The number of aliphatic carboxylic acids is 1. The van der Waals surface area contributed by atoms with Gasteiger partial charge in [-0.2, -0.15) is 0 Å². The molecule has 0 saturated carbocycles.